The normalized spacial score (nSPS) is 12.2. The van der Waals surface area contributed by atoms with Crippen molar-refractivity contribution in [3.05, 3.63) is 60.0 Å². The monoisotopic (exact) mass is 453 g/mol. The average Bonchev–Trinajstić information content (AvgIpc) is 3.15. The highest BCUT2D eigenvalue weighted by atomic mass is 16.6. The minimum Gasteiger partial charge on any atom is -0.477 e. The summed E-state index contributed by atoms with van der Waals surface area (Å²) < 4.78 is 17.7. The second-order valence-corrected chi connectivity index (χ2v) is 8.42. The second-order valence-electron chi connectivity index (χ2n) is 8.42. The number of rotatable bonds is 7. The molecule has 2 aromatic heterocycles. The van der Waals surface area contributed by atoms with Crippen LogP contribution >= 0.6 is 0 Å². The molecule has 9 heteroatoms. The van der Waals surface area contributed by atoms with Crippen molar-refractivity contribution in [2.75, 3.05) is 12.4 Å². The molecule has 0 aliphatic heterocycles. The first-order valence-electron chi connectivity index (χ1n) is 10.4. The van der Waals surface area contributed by atoms with E-state index in [-0.39, 0.29) is 23.6 Å². The van der Waals surface area contributed by atoms with E-state index in [4.69, 9.17) is 14.2 Å². The summed E-state index contributed by atoms with van der Waals surface area (Å²) in [5, 5.41) is 2.76. The first kappa shape index (κ1) is 23.8. The van der Waals surface area contributed by atoms with Crippen molar-refractivity contribution < 1.29 is 28.6 Å². The maximum Gasteiger partial charge on any atom is 0.347 e. The molecular formula is C24H27N3O6. The van der Waals surface area contributed by atoms with Crippen LogP contribution in [0.3, 0.4) is 0 Å². The number of methoxy groups -OCH3 is 1. The van der Waals surface area contributed by atoms with E-state index in [1.54, 1.807) is 27.0 Å². The summed E-state index contributed by atoms with van der Waals surface area (Å²) in [4.78, 5) is 41.4. The first-order chi connectivity index (χ1) is 15.6. The van der Waals surface area contributed by atoms with E-state index in [2.05, 4.69) is 10.3 Å². The molecule has 1 atom stereocenters. The number of hydrogen-bond donors (Lipinski definition) is 1. The van der Waals surface area contributed by atoms with Gasteiger partial charge in [-0.1, -0.05) is 6.07 Å². The van der Waals surface area contributed by atoms with E-state index < -0.39 is 23.6 Å². The van der Waals surface area contributed by atoms with E-state index in [1.165, 1.54) is 32.2 Å². The van der Waals surface area contributed by atoms with Crippen LogP contribution in [0.1, 0.15) is 43.7 Å². The summed E-state index contributed by atoms with van der Waals surface area (Å²) in [6, 6.07) is 10.0. The van der Waals surface area contributed by atoms with Crippen molar-refractivity contribution in [3.63, 3.8) is 0 Å². The average molecular weight is 453 g/mol. The van der Waals surface area contributed by atoms with Gasteiger partial charge >= 0.3 is 11.9 Å². The summed E-state index contributed by atoms with van der Waals surface area (Å²) in [6.07, 6.45) is 2.67. The molecule has 0 spiro atoms. The van der Waals surface area contributed by atoms with E-state index in [1.807, 2.05) is 28.8 Å². The molecule has 0 aliphatic rings. The topological polar surface area (TPSA) is 108 Å². The molecular weight excluding hydrogens is 426 g/mol. The van der Waals surface area contributed by atoms with Crippen molar-refractivity contribution >= 4 is 29.2 Å². The number of imidazole rings is 1. The van der Waals surface area contributed by atoms with Gasteiger partial charge < -0.3 is 23.9 Å². The fourth-order valence-corrected chi connectivity index (χ4v) is 3.02. The molecule has 33 heavy (non-hydrogen) atoms. The molecule has 0 aliphatic carbocycles. The van der Waals surface area contributed by atoms with Crippen LogP contribution in [0.4, 0.5) is 5.69 Å². The Bertz CT molecular complexity index is 1150. The second kappa shape index (κ2) is 9.72. The fourth-order valence-electron chi connectivity index (χ4n) is 3.02. The summed E-state index contributed by atoms with van der Waals surface area (Å²) in [6.45, 7) is 6.78. The molecule has 3 rings (SSSR count). The SMILES string of the molecule is COC(=O)c1ccc(NC(=O)Cc2cn3ccccc3n2)c(OC(C)C(=O)OC(C)(C)C)c1. The number of hydrogen-bond acceptors (Lipinski definition) is 7. The number of pyridine rings is 1. The van der Waals surface area contributed by atoms with E-state index in [0.29, 0.717) is 11.4 Å². The van der Waals surface area contributed by atoms with Gasteiger partial charge in [0.05, 0.1) is 30.5 Å². The quantitative estimate of drug-likeness (QED) is 0.546. The number of esters is 2. The van der Waals surface area contributed by atoms with Gasteiger partial charge in [0.15, 0.2) is 6.10 Å². The highest BCUT2D eigenvalue weighted by Gasteiger charge is 2.25. The van der Waals surface area contributed by atoms with Crippen molar-refractivity contribution in [2.45, 2.75) is 45.8 Å². The van der Waals surface area contributed by atoms with Gasteiger partial charge in [0.1, 0.15) is 17.0 Å². The fraction of sp³-hybridized carbons (Fsp3) is 0.333. The Morgan fingerprint density at radius 1 is 1.15 bits per heavy atom. The third kappa shape index (κ3) is 6.31. The molecule has 0 saturated heterocycles. The molecule has 0 fully saturated rings. The first-order valence-corrected chi connectivity index (χ1v) is 10.4. The summed E-state index contributed by atoms with van der Waals surface area (Å²) >= 11 is 0. The lowest BCUT2D eigenvalue weighted by molar-refractivity contribution is -0.162. The van der Waals surface area contributed by atoms with Crippen LogP contribution in [0.25, 0.3) is 5.65 Å². The van der Waals surface area contributed by atoms with Crippen molar-refractivity contribution in [1.82, 2.24) is 9.38 Å². The third-order valence-corrected chi connectivity index (χ3v) is 4.47. The predicted molar refractivity (Wildman–Crippen MR) is 121 cm³/mol. The number of anilines is 1. The standard InChI is InChI=1S/C24H27N3O6/c1-15(22(29)33-24(2,3)4)32-19-12-16(23(30)31-5)9-10-18(19)26-21(28)13-17-14-27-11-7-6-8-20(27)25-17/h6-12,14-15H,13H2,1-5H3,(H,26,28). The molecule has 9 nitrogen and oxygen atoms in total. The third-order valence-electron chi connectivity index (χ3n) is 4.47. The highest BCUT2D eigenvalue weighted by molar-refractivity contribution is 5.96. The zero-order chi connectivity index (χ0) is 24.2. The van der Waals surface area contributed by atoms with Crippen LogP contribution in [-0.2, 0) is 25.5 Å². The number of ether oxygens (including phenoxy) is 3. The van der Waals surface area contributed by atoms with Crippen LogP contribution < -0.4 is 10.1 Å². The molecule has 1 amide bonds. The Balaban J connectivity index is 1.79. The van der Waals surface area contributed by atoms with E-state index >= 15 is 0 Å². The van der Waals surface area contributed by atoms with Gasteiger partial charge in [0.25, 0.3) is 0 Å². The number of nitrogens with one attached hydrogen (secondary N) is 1. The van der Waals surface area contributed by atoms with Crippen LogP contribution in [0.2, 0.25) is 0 Å². The van der Waals surface area contributed by atoms with Crippen molar-refractivity contribution in [2.24, 2.45) is 0 Å². The van der Waals surface area contributed by atoms with Gasteiger partial charge in [0.2, 0.25) is 5.91 Å². The zero-order valence-electron chi connectivity index (χ0n) is 19.2. The number of aromatic nitrogens is 2. The number of fused-ring (bicyclic) bond motifs is 1. The number of carbonyl (C=O) groups is 3. The molecule has 174 valence electrons. The van der Waals surface area contributed by atoms with Gasteiger partial charge in [-0.05, 0) is 58.0 Å². The molecule has 2 heterocycles. The molecule has 0 bridgehead atoms. The lowest BCUT2D eigenvalue weighted by Gasteiger charge is -2.23. The van der Waals surface area contributed by atoms with Gasteiger partial charge in [0, 0.05) is 12.4 Å². The summed E-state index contributed by atoms with van der Waals surface area (Å²) in [5.74, 6) is -1.35. The Kier molecular flexibility index (Phi) is 7.01. The van der Waals surface area contributed by atoms with Gasteiger partial charge in [-0.15, -0.1) is 0 Å². The number of benzene rings is 1. The highest BCUT2D eigenvalue weighted by Crippen LogP contribution is 2.28. The molecule has 0 radical (unpaired) electrons. The predicted octanol–water partition coefficient (Wildman–Crippen LogP) is 3.41. The Morgan fingerprint density at radius 3 is 2.58 bits per heavy atom. The van der Waals surface area contributed by atoms with Crippen LogP contribution in [0.5, 0.6) is 5.75 Å². The number of amides is 1. The van der Waals surface area contributed by atoms with Crippen LogP contribution in [0.15, 0.2) is 48.8 Å². The summed E-state index contributed by atoms with van der Waals surface area (Å²) in [5.41, 5.74) is 1.15. The Hall–Kier alpha value is -3.88. The Labute approximate surface area is 191 Å². The molecule has 1 aromatic carbocycles. The maximum absolute atomic E-state index is 12.7. The lowest BCUT2D eigenvalue weighted by Crippen LogP contribution is -2.33. The molecule has 3 aromatic rings. The zero-order valence-corrected chi connectivity index (χ0v) is 19.2. The summed E-state index contributed by atoms with van der Waals surface area (Å²) in [7, 11) is 1.26. The smallest absolute Gasteiger partial charge is 0.347 e. The van der Waals surface area contributed by atoms with Crippen LogP contribution in [-0.4, -0.2) is 46.0 Å². The number of carbonyl (C=O) groups excluding carboxylic acids is 3. The van der Waals surface area contributed by atoms with Crippen LogP contribution in [0, 0.1) is 0 Å². The van der Waals surface area contributed by atoms with Gasteiger partial charge in [-0.2, -0.15) is 0 Å². The van der Waals surface area contributed by atoms with E-state index in [0.717, 1.165) is 5.65 Å². The lowest BCUT2D eigenvalue weighted by atomic mass is 10.1. The largest absolute Gasteiger partial charge is 0.477 e. The van der Waals surface area contributed by atoms with E-state index in [9.17, 15) is 14.4 Å². The number of nitrogens with zero attached hydrogens (tertiary/aromatic N) is 2. The molecule has 1 unspecified atom stereocenters. The minimum absolute atomic E-state index is 0.0293. The Morgan fingerprint density at radius 2 is 1.91 bits per heavy atom. The van der Waals surface area contributed by atoms with Gasteiger partial charge in [-0.25, -0.2) is 14.6 Å². The molecule has 0 saturated carbocycles. The van der Waals surface area contributed by atoms with Crippen molar-refractivity contribution in [1.29, 1.82) is 0 Å². The minimum atomic E-state index is -0.980. The van der Waals surface area contributed by atoms with Gasteiger partial charge in [-0.3, -0.25) is 4.79 Å². The maximum atomic E-state index is 12.7. The molecule has 1 N–H and O–H groups in total. The van der Waals surface area contributed by atoms with Crippen molar-refractivity contribution in [3.8, 4) is 5.75 Å².